The number of nitrogens with one attached hydrogen (secondary N) is 2. The molecule has 4 aromatic rings. The molecule has 0 spiro atoms. The number of hydrogen-bond donors (Lipinski definition) is 3. The van der Waals surface area contributed by atoms with Gasteiger partial charge in [-0.2, -0.15) is 4.98 Å². The Bertz CT molecular complexity index is 1490. The Morgan fingerprint density at radius 2 is 2.03 bits per heavy atom. The first-order valence-electron chi connectivity index (χ1n) is 11.0. The highest BCUT2D eigenvalue weighted by molar-refractivity contribution is 5.80. The number of aryl methyl sites for hydroxylation is 2. The Kier molecular flexibility index (Phi) is 5.07. The predicted molar refractivity (Wildman–Crippen MR) is 125 cm³/mol. The summed E-state index contributed by atoms with van der Waals surface area (Å²) in [7, 11) is 3.34. The minimum absolute atomic E-state index is 0.0536. The lowest BCUT2D eigenvalue weighted by Crippen LogP contribution is -2.39. The van der Waals surface area contributed by atoms with Crippen molar-refractivity contribution in [1.29, 1.82) is 0 Å². The SMILES string of the molecule is Cn1c(NC2CCCC(C(=O)O)C2)nc2c1c(=O)n(Cc1ccc3cc[nH]c3c1)c(=O)n2C. The van der Waals surface area contributed by atoms with E-state index in [0.717, 1.165) is 29.3 Å². The first-order chi connectivity index (χ1) is 15.8. The third-order valence-corrected chi connectivity index (χ3v) is 6.68. The van der Waals surface area contributed by atoms with E-state index in [1.54, 1.807) is 18.7 Å². The van der Waals surface area contributed by atoms with Crippen LogP contribution in [0.2, 0.25) is 0 Å². The first kappa shape index (κ1) is 21.0. The molecule has 2 unspecified atom stereocenters. The van der Waals surface area contributed by atoms with E-state index in [2.05, 4.69) is 15.3 Å². The maximum Gasteiger partial charge on any atom is 0.332 e. The molecule has 3 heterocycles. The molecule has 10 heteroatoms. The average Bonchev–Trinajstić information content (AvgIpc) is 3.40. The molecule has 3 N–H and O–H groups in total. The van der Waals surface area contributed by atoms with Crippen molar-refractivity contribution in [2.75, 3.05) is 5.32 Å². The molecule has 1 aliphatic rings. The highest BCUT2D eigenvalue weighted by Gasteiger charge is 2.28. The molecule has 3 aromatic heterocycles. The van der Waals surface area contributed by atoms with Gasteiger partial charge in [-0.3, -0.25) is 18.7 Å². The minimum Gasteiger partial charge on any atom is -0.481 e. The third-order valence-electron chi connectivity index (χ3n) is 6.68. The van der Waals surface area contributed by atoms with Gasteiger partial charge in [0.2, 0.25) is 5.95 Å². The monoisotopic (exact) mass is 450 g/mol. The van der Waals surface area contributed by atoms with Crippen LogP contribution in [-0.4, -0.2) is 40.8 Å². The van der Waals surface area contributed by atoms with Gasteiger partial charge in [-0.05, 0) is 42.3 Å². The Hall–Kier alpha value is -3.82. The zero-order valence-electron chi connectivity index (χ0n) is 18.5. The molecule has 10 nitrogen and oxygen atoms in total. The zero-order chi connectivity index (χ0) is 23.3. The molecular weight excluding hydrogens is 424 g/mol. The summed E-state index contributed by atoms with van der Waals surface area (Å²) in [5.74, 6) is -0.711. The van der Waals surface area contributed by atoms with Crippen LogP contribution in [0.3, 0.4) is 0 Å². The molecule has 1 aromatic carbocycles. The predicted octanol–water partition coefficient (Wildman–Crippen LogP) is 2.02. The van der Waals surface area contributed by atoms with E-state index < -0.39 is 17.2 Å². The molecule has 5 rings (SSSR count). The molecule has 172 valence electrons. The first-order valence-corrected chi connectivity index (χ1v) is 11.0. The van der Waals surface area contributed by atoms with E-state index in [4.69, 9.17) is 0 Å². The van der Waals surface area contributed by atoms with Crippen LogP contribution in [0.15, 0.2) is 40.1 Å². The number of aromatic amines is 1. The number of carboxylic acids is 1. The quantitative estimate of drug-likeness (QED) is 0.427. The summed E-state index contributed by atoms with van der Waals surface area (Å²) in [5, 5.41) is 13.7. The van der Waals surface area contributed by atoms with Crippen LogP contribution >= 0.6 is 0 Å². The standard InChI is InChI=1S/C23H26N6O4/c1-27-18-19(26-22(27)25-16-5-3-4-15(11-16)21(31)32)28(2)23(33)29(20(18)30)12-13-6-7-14-8-9-24-17(14)10-13/h6-10,15-16,24H,3-5,11-12H2,1-2H3,(H,25,26)(H,31,32). The normalized spacial score (nSPS) is 18.7. The Balaban J connectivity index is 1.52. The van der Waals surface area contributed by atoms with Crippen LogP contribution in [0.4, 0.5) is 5.95 Å². The number of hydrogen-bond acceptors (Lipinski definition) is 5. The van der Waals surface area contributed by atoms with E-state index in [1.807, 2.05) is 30.5 Å². The fraction of sp³-hybridized carbons (Fsp3) is 0.391. The number of imidazole rings is 1. The van der Waals surface area contributed by atoms with Crippen molar-refractivity contribution < 1.29 is 9.90 Å². The van der Waals surface area contributed by atoms with Crippen LogP contribution in [0.25, 0.3) is 22.1 Å². The molecule has 0 saturated heterocycles. The van der Waals surface area contributed by atoms with Crippen molar-refractivity contribution >= 4 is 34.0 Å². The number of aliphatic carboxylic acids is 1. The van der Waals surface area contributed by atoms with Gasteiger partial charge in [0, 0.05) is 31.9 Å². The van der Waals surface area contributed by atoms with Crippen LogP contribution < -0.4 is 16.6 Å². The number of carboxylic acid groups (broad SMARTS) is 1. The molecule has 0 bridgehead atoms. The van der Waals surface area contributed by atoms with Gasteiger partial charge in [0.1, 0.15) is 0 Å². The van der Waals surface area contributed by atoms with Gasteiger partial charge in [0.05, 0.1) is 12.5 Å². The largest absolute Gasteiger partial charge is 0.481 e. The number of H-pyrrole nitrogens is 1. The van der Waals surface area contributed by atoms with Crippen LogP contribution in [0.5, 0.6) is 0 Å². The number of fused-ring (bicyclic) bond motifs is 2. The van der Waals surface area contributed by atoms with E-state index in [-0.39, 0.29) is 18.5 Å². The lowest BCUT2D eigenvalue weighted by molar-refractivity contribution is -0.142. The lowest BCUT2D eigenvalue weighted by atomic mass is 9.86. The summed E-state index contributed by atoms with van der Waals surface area (Å²) < 4.78 is 4.27. The van der Waals surface area contributed by atoms with Crippen molar-refractivity contribution in [3.05, 3.63) is 56.9 Å². The highest BCUT2D eigenvalue weighted by atomic mass is 16.4. The lowest BCUT2D eigenvalue weighted by Gasteiger charge is -2.27. The summed E-state index contributed by atoms with van der Waals surface area (Å²) in [5.41, 5.74) is 1.56. The Labute approximate surface area is 188 Å². The minimum atomic E-state index is -0.783. The molecule has 1 aliphatic carbocycles. The smallest absolute Gasteiger partial charge is 0.332 e. The van der Waals surface area contributed by atoms with Gasteiger partial charge in [-0.15, -0.1) is 0 Å². The van der Waals surface area contributed by atoms with Crippen molar-refractivity contribution in [3.63, 3.8) is 0 Å². The number of rotatable bonds is 5. The second-order valence-corrected chi connectivity index (χ2v) is 8.84. The summed E-state index contributed by atoms with van der Waals surface area (Å²) >= 11 is 0. The topological polar surface area (TPSA) is 127 Å². The van der Waals surface area contributed by atoms with Crippen molar-refractivity contribution in [1.82, 2.24) is 23.7 Å². The summed E-state index contributed by atoms with van der Waals surface area (Å²) in [6, 6.07) is 7.71. The second-order valence-electron chi connectivity index (χ2n) is 8.84. The molecule has 33 heavy (non-hydrogen) atoms. The van der Waals surface area contributed by atoms with Crippen LogP contribution in [-0.2, 0) is 25.4 Å². The molecule has 0 aliphatic heterocycles. The molecule has 1 fully saturated rings. The zero-order valence-corrected chi connectivity index (χ0v) is 18.5. The van der Waals surface area contributed by atoms with Crippen LogP contribution in [0.1, 0.15) is 31.2 Å². The molecule has 0 amide bonds. The number of carbonyl (C=O) groups is 1. The maximum atomic E-state index is 13.4. The molecule has 0 radical (unpaired) electrons. The number of anilines is 1. The Morgan fingerprint density at radius 1 is 1.21 bits per heavy atom. The van der Waals surface area contributed by atoms with Gasteiger partial charge < -0.3 is 20.0 Å². The van der Waals surface area contributed by atoms with Gasteiger partial charge >= 0.3 is 11.7 Å². The fourth-order valence-electron chi connectivity index (χ4n) is 4.82. The summed E-state index contributed by atoms with van der Waals surface area (Å²) in [6.07, 6.45) is 4.67. The fourth-order valence-corrected chi connectivity index (χ4v) is 4.82. The van der Waals surface area contributed by atoms with E-state index >= 15 is 0 Å². The van der Waals surface area contributed by atoms with Gasteiger partial charge in [-0.1, -0.05) is 18.6 Å². The van der Waals surface area contributed by atoms with Crippen molar-refractivity contribution in [2.24, 2.45) is 20.0 Å². The number of benzene rings is 1. The molecule has 2 atom stereocenters. The summed E-state index contributed by atoms with van der Waals surface area (Å²) in [6.45, 7) is 0.146. The molecule has 1 saturated carbocycles. The maximum absolute atomic E-state index is 13.4. The second kappa shape index (κ2) is 7.95. The van der Waals surface area contributed by atoms with E-state index in [9.17, 15) is 19.5 Å². The summed E-state index contributed by atoms with van der Waals surface area (Å²) in [4.78, 5) is 45.5. The van der Waals surface area contributed by atoms with Crippen LogP contribution in [0, 0.1) is 5.92 Å². The Morgan fingerprint density at radius 3 is 2.82 bits per heavy atom. The molecular formula is C23H26N6O4. The van der Waals surface area contributed by atoms with Gasteiger partial charge in [0.25, 0.3) is 5.56 Å². The van der Waals surface area contributed by atoms with Crippen molar-refractivity contribution in [2.45, 2.75) is 38.3 Å². The average molecular weight is 450 g/mol. The van der Waals surface area contributed by atoms with Gasteiger partial charge in [-0.25, -0.2) is 4.79 Å². The van der Waals surface area contributed by atoms with Gasteiger partial charge in [0.15, 0.2) is 11.2 Å². The van der Waals surface area contributed by atoms with E-state index in [1.165, 1.54) is 9.13 Å². The number of nitrogens with zero attached hydrogens (tertiary/aromatic N) is 4. The number of aromatic nitrogens is 5. The van der Waals surface area contributed by atoms with Crippen molar-refractivity contribution in [3.8, 4) is 0 Å². The highest BCUT2D eigenvalue weighted by Crippen LogP contribution is 2.27. The van der Waals surface area contributed by atoms with E-state index in [0.29, 0.717) is 30.0 Å². The third kappa shape index (κ3) is 3.61.